The van der Waals surface area contributed by atoms with E-state index in [0.717, 1.165) is 18.5 Å². The molecule has 1 aliphatic heterocycles. The zero-order valence-electron chi connectivity index (χ0n) is 7.83. The van der Waals surface area contributed by atoms with Crippen molar-refractivity contribution in [1.29, 1.82) is 5.26 Å². The Kier molecular flexibility index (Phi) is 2.38. The smallest absolute Gasteiger partial charge is 0.133 e. The van der Waals surface area contributed by atoms with E-state index in [2.05, 4.69) is 5.32 Å². The molecule has 0 amide bonds. The summed E-state index contributed by atoms with van der Waals surface area (Å²) in [7, 11) is 0. The van der Waals surface area contributed by atoms with Crippen LogP contribution in [0, 0.1) is 11.3 Å². The molecule has 2 N–H and O–H groups in total. The van der Waals surface area contributed by atoms with E-state index < -0.39 is 0 Å². The van der Waals surface area contributed by atoms with Gasteiger partial charge in [0.2, 0.25) is 0 Å². The predicted molar refractivity (Wildman–Crippen MR) is 52.8 cm³/mol. The van der Waals surface area contributed by atoms with Crippen molar-refractivity contribution in [2.24, 2.45) is 0 Å². The average molecular weight is 188 g/mol. The Bertz CT molecular complexity index is 375. The lowest BCUT2D eigenvalue weighted by atomic mass is 10.0. The lowest BCUT2D eigenvalue weighted by Gasteiger charge is -2.10. The van der Waals surface area contributed by atoms with Crippen LogP contribution in [0.25, 0.3) is 0 Å². The lowest BCUT2D eigenvalue weighted by Crippen LogP contribution is -2.12. The molecule has 0 aromatic heterocycles. The van der Waals surface area contributed by atoms with Gasteiger partial charge in [-0.2, -0.15) is 5.26 Å². The fraction of sp³-hybridized carbons (Fsp3) is 0.364. The molecule has 0 aliphatic carbocycles. The van der Waals surface area contributed by atoms with Gasteiger partial charge in [-0.25, -0.2) is 0 Å². The van der Waals surface area contributed by atoms with Crippen LogP contribution >= 0.6 is 0 Å². The van der Waals surface area contributed by atoms with E-state index in [1.54, 1.807) is 12.1 Å². The summed E-state index contributed by atoms with van der Waals surface area (Å²) in [5.41, 5.74) is 1.45. The summed E-state index contributed by atoms with van der Waals surface area (Å²) in [6.45, 7) is 1.04. The molecule has 1 fully saturated rings. The van der Waals surface area contributed by atoms with Crippen LogP contribution in [0.3, 0.4) is 0 Å². The SMILES string of the molecule is N#Cc1cc(C2CCCN2)ccc1O. The maximum Gasteiger partial charge on any atom is 0.133 e. The van der Waals surface area contributed by atoms with E-state index in [-0.39, 0.29) is 5.75 Å². The number of phenolic OH excluding ortho intramolecular Hbond substituents is 1. The predicted octanol–water partition coefficient (Wildman–Crippen LogP) is 1.69. The summed E-state index contributed by atoms with van der Waals surface area (Å²) in [5.74, 6) is 0.0641. The van der Waals surface area contributed by atoms with Crippen LogP contribution in [-0.2, 0) is 0 Å². The molecule has 1 atom stereocenters. The van der Waals surface area contributed by atoms with Crippen molar-refractivity contribution in [3.05, 3.63) is 29.3 Å². The Morgan fingerprint density at radius 3 is 3.00 bits per heavy atom. The zero-order valence-corrected chi connectivity index (χ0v) is 7.83. The second-order valence-electron chi connectivity index (χ2n) is 3.54. The summed E-state index contributed by atoms with van der Waals surface area (Å²) in [6.07, 6.45) is 2.28. The minimum absolute atomic E-state index is 0.0641. The average Bonchev–Trinajstić information content (AvgIpc) is 2.71. The van der Waals surface area contributed by atoms with Gasteiger partial charge < -0.3 is 10.4 Å². The van der Waals surface area contributed by atoms with E-state index in [9.17, 15) is 5.11 Å². The van der Waals surface area contributed by atoms with Crippen molar-refractivity contribution in [2.45, 2.75) is 18.9 Å². The molecule has 14 heavy (non-hydrogen) atoms. The minimum Gasteiger partial charge on any atom is -0.507 e. The zero-order chi connectivity index (χ0) is 9.97. The van der Waals surface area contributed by atoms with Crippen LogP contribution in [0.2, 0.25) is 0 Å². The van der Waals surface area contributed by atoms with Crippen molar-refractivity contribution in [1.82, 2.24) is 5.32 Å². The number of nitrogens with zero attached hydrogens (tertiary/aromatic N) is 1. The summed E-state index contributed by atoms with van der Waals surface area (Å²) in [6, 6.07) is 7.56. The molecule has 0 spiro atoms. The molecule has 2 rings (SSSR count). The molecule has 3 nitrogen and oxygen atoms in total. The van der Waals surface area contributed by atoms with E-state index in [1.807, 2.05) is 12.1 Å². The van der Waals surface area contributed by atoms with Crippen LogP contribution in [0.4, 0.5) is 0 Å². The van der Waals surface area contributed by atoms with Crippen molar-refractivity contribution >= 4 is 0 Å². The molecule has 3 heteroatoms. The van der Waals surface area contributed by atoms with Crippen molar-refractivity contribution < 1.29 is 5.11 Å². The molecule has 1 unspecified atom stereocenters. The molecule has 1 aromatic carbocycles. The Balaban J connectivity index is 2.31. The van der Waals surface area contributed by atoms with Crippen molar-refractivity contribution in [3.63, 3.8) is 0 Å². The second kappa shape index (κ2) is 3.69. The van der Waals surface area contributed by atoms with E-state index >= 15 is 0 Å². The molecule has 1 saturated heterocycles. The van der Waals surface area contributed by atoms with Gasteiger partial charge in [-0.05, 0) is 37.1 Å². The maximum absolute atomic E-state index is 9.33. The number of aromatic hydroxyl groups is 1. The van der Waals surface area contributed by atoms with Gasteiger partial charge in [0, 0.05) is 6.04 Å². The van der Waals surface area contributed by atoms with E-state index in [4.69, 9.17) is 5.26 Å². The first kappa shape index (κ1) is 9.04. The molecular formula is C11H12N2O. The van der Waals surface area contributed by atoms with Gasteiger partial charge in [0.1, 0.15) is 11.8 Å². The van der Waals surface area contributed by atoms with Gasteiger partial charge in [0.05, 0.1) is 5.56 Å². The number of phenols is 1. The fourth-order valence-corrected chi connectivity index (χ4v) is 1.83. The topological polar surface area (TPSA) is 56.0 Å². The molecule has 1 heterocycles. The number of nitrogens with one attached hydrogen (secondary N) is 1. The van der Waals surface area contributed by atoms with Gasteiger partial charge >= 0.3 is 0 Å². The van der Waals surface area contributed by atoms with Crippen LogP contribution < -0.4 is 5.32 Å². The molecule has 1 aromatic rings. The Hall–Kier alpha value is -1.53. The van der Waals surface area contributed by atoms with Crippen LogP contribution in [-0.4, -0.2) is 11.7 Å². The largest absolute Gasteiger partial charge is 0.507 e. The van der Waals surface area contributed by atoms with Gasteiger partial charge in [0.25, 0.3) is 0 Å². The first-order valence-corrected chi connectivity index (χ1v) is 4.77. The highest BCUT2D eigenvalue weighted by molar-refractivity contribution is 5.45. The minimum atomic E-state index is 0.0641. The molecule has 0 bridgehead atoms. The van der Waals surface area contributed by atoms with Crippen LogP contribution in [0.15, 0.2) is 18.2 Å². The summed E-state index contributed by atoms with van der Waals surface area (Å²) < 4.78 is 0. The molecule has 1 aliphatic rings. The summed E-state index contributed by atoms with van der Waals surface area (Å²) in [4.78, 5) is 0. The van der Waals surface area contributed by atoms with Crippen LogP contribution in [0.1, 0.15) is 30.0 Å². The quantitative estimate of drug-likeness (QED) is 0.705. The highest BCUT2D eigenvalue weighted by Gasteiger charge is 2.16. The number of nitriles is 1. The number of rotatable bonds is 1. The standard InChI is InChI=1S/C11H12N2O/c12-7-9-6-8(3-4-11(9)14)10-2-1-5-13-10/h3-4,6,10,13-14H,1-2,5H2. The number of hydrogen-bond acceptors (Lipinski definition) is 3. The third-order valence-corrected chi connectivity index (χ3v) is 2.60. The third-order valence-electron chi connectivity index (χ3n) is 2.60. The second-order valence-corrected chi connectivity index (χ2v) is 3.54. The fourth-order valence-electron chi connectivity index (χ4n) is 1.83. The number of hydrogen-bond donors (Lipinski definition) is 2. The highest BCUT2D eigenvalue weighted by Crippen LogP contribution is 2.26. The number of benzene rings is 1. The Labute approximate surface area is 83.0 Å². The summed E-state index contributed by atoms with van der Waals surface area (Å²) in [5, 5.41) is 21.4. The summed E-state index contributed by atoms with van der Waals surface area (Å²) >= 11 is 0. The first-order chi connectivity index (χ1) is 6.81. The van der Waals surface area contributed by atoms with Crippen LogP contribution in [0.5, 0.6) is 5.75 Å². The van der Waals surface area contributed by atoms with Crippen molar-refractivity contribution in [2.75, 3.05) is 6.54 Å². The first-order valence-electron chi connectivity index (χ1n) is 4.77. The molecule has 0 radical (unpaired) electrons. The van der Waals surface area contributed by atoms with Gasteiger partial charge in [-0.3, -0.25) is 0 Å². The Morgan fingerprint density at radius 2 is 2.36 bits per heavy atom. The monoisotopic (exact) mass is 188 g/mol. The maximum atomic E-state index is 9.33. The van der Waals surface area contributed by atoms with Gasteiger partial charge in [-0.1, -0.05) is 6.07 Å². The highest BCUT2D eigenvalue weighted by atomic mass is 16.3. The molecular weight excluding hydrogens is 176 g/mol. The lowest BCUT2D eigenvalue weighted by molar-refractivity contribution is 0.473. The third kappa shape index (κ3) is 1.57. The van der Waals surface area contributed by atoms with E-state index in [0.29, 0.717) is 11.6 Å². The molecule has 72 valence electrons. The normalized spacial score (nSPS) is 20.6. The van der Waals surface area contributed by atoms with Gasteiger partial charge in [0.15, 0.2) is 0 Å². The van der Waals surface area contributed by atoms with Gasteiger partial charge in [-0.15, -0.1) is 0 Å². The molecule has 0 saturated carbocycles. The van der Waals surface area contributed by atoms with E-state index in [1.165, 1.54) is 6.42 Å². The Morgan fingerprint density at radius 1 is 1.50 bits per heavy atom. The van der Waals surface area contributed by atoms with Crippen molar-refractivity contribution in [3.8, 4) is 11.8 Å².